The fourth-order valence-corrected chi connectivity index (χ4v) is 4.96. The van der Waals surface area contributed by atoms with Gasteiger partial charge in [0, 0.05) is 61.1 Å². The highest BCUT2D eigenvalue weighted by Crippen LogP contribution is 2.31. The largest absolute Gasteiger partial charge is 0.445 e. The lowest BCUT2D eigenvalue weighted by Gasteiger charge is -2.34. The van der Waals surface area contributed by atoms with E-state index in [9.17, 15) is 18.0 Å². The zero-order chi connectivity index (χ0) is 25.3. The molecule has 0 unspecified atom stereocenters. The zero-order valence-electron chi connectivity index (χ0n) is 20.1. The Morgan fingerprint density at radius 1 is 0.861 bits per heavy atom. The molecule has 1 aliphatic heterocycles. The molecule has 0 spiro atoms. The highest BCUT2D eigenvalue weighted by atomic mass is 19.4. The van der Waals surface area contributed by atoms with Crippen molar-refractivity contribution in [2.45, 2.75) is 32.8 Å². The molecule has 1 fully saturated rings. The van der Waals surface area contributed by atoms with Crippen LogP contribution >= 0.6 is 0 Å². The quantitative estimate of drug-likeness (QED) is 0.327. The van der Waals surface area contributed by atoms with Crippen LogP contribution in [0.2, 0.25) is 0 Å². The number of aromatic nitrogens is 1. The molecule has 1 aliphatic rings. The number of nitrogens with zero attached hydrogens (tertiary/aromatic N) is 3. The first-order valence-corrected chi connectivity index (χ1v) is 12.1. The Morgan fingerprint density at radius 3 is 2.36 bits per heavy atom. The first kappa shape index (κ1) is 24.2. The second-order valence-corrected chi connectivity index (χ2v) is 9.13. The van der Waals surface area contributed by atoms with Crippen LogP contribution in [0.25, 0.3) is 21.8 Å². The molecule has 3 aromatic carbocycles. The summed E-state index contributed by atoms with van der Waals surface area (Å²) in [5.41, 5.74) is 3.26. The van der Waals surface area contributed by atoms with Crippen LogP contribution in [0, 0.1) is 0 Å². The summed E-state index contributed by atoms with van der Waals surface area (Å²) in [7, 11) is 0. The van der Waals surface area contributed by atoms with Crippen LogP contribution in [0.5, 0.6) is 0 Å². The molecule has 4 aromatic rings. The maximum Gasteiger partial charge on any atom is 0.416 e. The van der Waals surface area contributed by atoms with Crippen molar-refractivity contribution < 1.29 is 22.7 Å². The van der Waals surface area contributed by atoms with Crippen LogP contribution in [-0.4, -0.2) is 46.6 Å². The number of carbonyl (C=O) groups excluding carboxylic acids is 1. The van der Waals surface area contributed by atoms with E-state index in [1.54, 1.807) is 4.90 Å². The first-order chi connectivity index (χ1) is 17.3. The number of fused-ring (bicyclic) bond motifs is 3. The van der Waals surface area contributed by atoms with Crippen molar-refractivity contribution in [3.8, 4) is 0 Å². The average molecular weight is 496 g/mol. The van der Waals surface area contributed by atoms with Gasteiger partial charge in [0.25, 0.3) is 0 Å². The van der Waals surface area contributed by atoms with Gasteiger partial charge in [-0.15, -0.1) is 0 Å². The fraction of sp³-hybridized carbons (Fsp3) is 0.321. The lowest BCUT2D eigenvalue weighted by Crippen LogP contribution is -2.48. The van der Waals surface area contributed by atoms with E-state index in [0.29, 0.717) is 31.7 Å². The monoisotopic (exact) mass is 495 g/mol. The summed E-state index contributed by atoms with van der Waals surface area (Å²) in [4.78, 5) is 16.4. The normalized spacial score (nSPS) is 15.1. The van der Waals surface area contributed by atoms with Gasteiger partial charge in [-0.3, -0.25) is 4.90 Å². The van der Waals surface area contributed by atoms with Crippen molar-refractivity contribution >= 4 is 27.9 Å². The van der Waals surface area contributed by atoms with Crippen molar-refractivity contribution in [3.05, 3.63) is 83.4 Å². The van der Waals surface area contributed by atoms with Gasteiger partial charge in [-0.25, -0.2) is 4.79 Å². The molecule has 0 radical (unpaired) electrons. The number of alkyl halides is 3. The number of para-hydroxylation sites is 1. The highest BCUT2D eigenvalue weighted by molar-refractivity contribution is 6.08. The second-order valence-electron chi connectivity index (χ2n) is 9.13. The molecule has 36 heavy (non-hydrogen) atoms. The van der Waals surface area contributed by atoms with Crippen molar-refractivity contribution in [1.82, 2.24) is 14.4 Å². The third kappa shape index (κ3) is 4.91. The van der Waals surface area contributed by atoms with Gasteiger partial charge < -0.3 is 14.2 Å². The van der Waals surface area contributed by atoms with Crippen molar-refractivity contribution in [3.63, 3.8) is 0 Å². The van der Waals surface area contributed by atoms with E-state index in [0.717, 1.165) is 25.2 Å². The molecule has 2 heterocycles. The number of carbonyl (C=O) groups is 1. The summed E-state index contributed by atoms with van der Waals surface area (Å²) in [5.74, 6) is 0. The summed E-state index contributed by atoms with van der Waals surface area (Å²) >= 11 is 0. The summed E-state index contributed by atoms with van der Waals surface area (Å²) in [6, 6.07) is 19.9. The lowest BCUT2D eigenvalue weighted by atomic mass is 10.1. The minimum absolute atomic E-state index is 0.186. The highest BCUT2D eigenvalue weighted by Gasteiger charge is 2.30. The van der Waals surface area contributed by atoms with Gasteiger partial charge in [-0.05, 0) is 48.4 Å². The van der Waals surface area contributed by atoms with Crippen LogP contribution in [0.3, 0.4) is 0 Å². The molecule has 1 aromatic heterocycles. The molecule has 0 bridgehead atoms. The number of amides is 1. The van der Waals surface area contributed by atoms with Gasteiger partial charge in [0.15, 0.2) is 0 Å². The van der Waals surface area contributed by atoms with Crippen molar-refractivity contribution in [2.75, 3.05) is 26.2 Å². The van der Waals surface area contributed by atoms with Gasteiger partial charge in [0.05, 0.1) is 5.56 Å². The molecule has 0 atom stereocenters. The summed E-state index contributed by atoms with van der Waals surface area (Å²) < 4.78 is 46.3. The molecule has 0 N–H and O–H groups in total. The molecule has 1 saturated heterocycles. The van der Waals surface area contributed by atoms with Crippen molar-refractivity contribution in [2.24, 2.45) is 0 Å². The molecular weight excluding hydrogens is 467 g/mol. The Balaban J connectivity index is 1.18. The van der Waals surface area contributed by atoms with E-state index in [4.69, 9.17) is 4.74 Å². The van der Waals surface area contributed by atoms with E-state index < -0.39 is 17.8 Å². The summed E-state index contributed by atoms with van der Waals surface area (Å²) in [6.07, 6.45) is -4.92. The number of hydrogen-bond donors (Lipinski definition) is 0. The van der Waals surface area contributed by atoms with Crippen LogP contribution < -0.4 is 0 Å². The standard InChI is InChI=1S/C28H28F3N3O2/c1-2-34-25-9-4-3-8-23(25)24-17-20(10-11-26(24)34)18-32-12-14-33(15-13-32)27(35)36-19-21-6-5-7-22(16-21)28(29,30)31/h3-11,16-17H,2,12-15,18-19H2,1H3. The first-order valence-electron chi connectivity index (χ1n) is 12.1. The summed E-state index contributed by atoms with van der Waals surface area (Å²) in [6.45, 7) is 6.10. The van der Waals surface area contributed by atoms with E-state index in [1.165, 1.54) is 39.5 Å². The minimum Gasteiger partial charge on any atom is -0.445 e. The molecule has 5 rings (SSSR count). The topological polar surface area (TPSA) is 37.7 Å². The Labute approximate surface area is 207 Å². The number of piperazine rings is 1. The maximum absolute atomic E-state index is 12.9. The van der Waals surface area contributed by atoms with Gasteiger partial charge in [0.2, 0.25) is 0 Å². The number of ether oxygens (including phenoxy) is 1. The minimum atomic E-state index is -4.42. The zero-order valence-corrected chi connectivity index (χ0v) is 20.1. The Bertz CT molecular complexity index is 1390. The van der Waals surface area contributed by atoms with Crippen molar-refractivity contribution in [1.29, 1.82) is 0 Å². The van der Waals surface area contributed by atoms with E-state index in [2.05, 4.69) is 58.9 Å². The number of hydrogen-bond acceptors (Lipinski definition) is 3. The van der Waals surface area contributed by atoms with E-state index in [-0.39, 0.29) is 6.61 Å². The molecule has 188 valence electrons. The van der Waals surface area contributed by atoms with Gasteiger partial charge in [-0.2, -0.15) is 13.2 Å². The van der Waals surface area contributed by atoms with Crippen LogP contribution in [0.1, 0.15) is 23.6 Å². The van der Waals surface area contributed by atoms with Gasteiger partial charge in [-0.1, -0.05) is 36.4 Å². The molecule has 5 nitrogen and oxygen atoms in total. The molecule has 0 saturated carbocycles. The van der Waals surface area contributed by atoms with Crippen LogP contribution in [0.15, 0.2) is 66.7 Å². The Hall–Kier alpha value is -3.52. The summed E-state index contributed by atoms with van der Waals surface area (Å²) in [5, 5.41) is 2.51. The third-order valence-electron chi connectivity index (χ3n) is 6.81. The maximum atomic E-state index is 12.9. The Kier molecular flexibility index (Phi) is 6.62. The smallest absolute Gasteiger partial charge is 0.416 e. The molecule has 8 heteroatoms. The predicted molar refractivity (Wildman–Crippen MR) is 134 cm³/mol. The van der Waals surface area contributed by atoms with Gasteiger partial charge in [0.1, 0.15) is 6.61 Å². The SMILES string of the molecule is CCn1c2ccccc2c2cc(CN3CCN(C(=O)OCc4cccc(C(F)(F)F)c4)CC3)ccc21. The third-order valence-corrected chi connectivity index (χ3v) is 6.81. The van der Waals surface area contributed by atoms with Gasteiger partial charge >= 0.3 is 12.3 Å². The second kappa shape index (κ2) is 9.85. The molecule has 1 amide bonds. The number of rotatable bonds is 5. The Morgan fingerprint density at radius 2 is 1.61 bits per heavy atom. The average Bonchev–Trinajstić information content (AvgIpc) is 3.20. The number of halogens is 3. The number of aryl methyl sites for hydroxylation is 1. The van der Waals surface area contributed by atoms with E-state index >= 15 is 0 Å². The molecular formula is C28H28F3N3O2. The fourth-order valence-electron chi connectivity index (χ4n) is 4.96. The lowest BCUT2D eigenvalue weighted by molar-refractivity contribution is -0.137. The number of benzene rings is 3. The van der Waals surface area contributed by atoms with Crippen LogP contribution in [-0.2, 0) is 30.6 Å². The van der Waals surface area contributed by atoms with Crippen LogP contribution in [0.4, 0.5) is 18.0 Å². The molecule has 0 aliphatic carbocycles. The van der Waals surface area contributed by atoms with E-state index in [1.807, 2.05) is 0 Å². The predicted octanol–water partition coefficient (Wildman–Crippen LogP) is 6.29.